The number of halogens is 1. The molecule has 0 aliphatic carbocycles. The molecule has 0 saturated carbocycles. The number of nitrogens with two attached hydrogens (primary N) is 1. The van der Waals surface area contributed by atoms with E-state index < -0.39 is 0 Å². The molecule has 0 spiro atoms. The summed E-state index contributed by atoms with van der Waals surface area (Å²) in [6.07, 6.45) is 1.40. The maximum atomic E-state index is 11.8. The van der Waals surface area contributed by atoms with Crippen molar-refractivity contribution in [3.05, 3.63) is 38.9 Å². The van der Waals surface area contributed by atoms with Crippen molar-refractivity contribution < 1.29 is 4.79 Å². The molecule has 0 fully saturated rings. The van der Waals surface area contributed by atoms with Gasteiger partial charge in [-0.25, -0.2) is 9.97 Å². The second-order valence-corrected chi connectivity index (χ2v) is 4.98. The topological polar surface area (TPSA) is 80.9 Å². The van der Waals surface area contributed by atoms with Crippen molar-refractivity contribution in [2.24, 2.45) is 0 Å². The predicted octanol–water partition coefficient (Wildman–Crippen LogP) is 2.01. The lowest BCUT2D eigenvalue weighted by Gasteiger charge is -2.05. The molecule has 5 nitrogen and oxygen atoms in total. The van der Waals surface area contributed by atoms with E-state index in [0.29, 0.717) is 12.1 Å². The highest BCUT2D eigenvalue weighted by atomic mass is 35.5. The molecule has 2 aromatic rings. The molecule has 18 heavy (non-hydrogen) atoms. The van der Waals surface area contributed by atoms with Gasteiger partial charge in [0.2, 0.25) is 0 Å². The molecule has 1 amide bonds. The van der Waals surface area contributed by atoms with Crippen LogP contribution in [0.25, 0.3) is 0 Å². The van der Waals surface area contributed by atoms with E-state index in [9.17, 15) is 4.79 Å². The Hall–Kier alpha value is -1.66. The fraction of sp³-hybridized carbons (Fsp3) is 0.182. The summed E-state index contributed by atoms with van der Waals surface area (Å²) in [5.41, 5.74) is 8.54. The summed E-state index contributed by atoms with van der Waals surface area (Å²) in [5, 5.41) is 3.06. The van der Waals surface area contributed by atoms with Gasteiger partial charge in [0.15, 0.2) is 0 Å². The molecule has 0 aliphatic heterocycles. The first-order chi connectivity index (χ1) is 8.58. The number of anilines is 1. The molecule has 7 heteroatoms. The minimum Gasteiger partial charge on any atom is -0.382 e. The molecule has 94 valence electrons. The van der Waals surface area contributed by atoms with Crippen LogP contribution in [0.5, 0.6) is 0 Å². The second kappa shape index (κ2) is 5.32. The second-order valence-electron chi connectivity index (χ2n) is 3.63. The number of carbonyl (C=O) groups is 1. The number of nitrogen functional groups attached to an aromatic ring is 1. The number of aryl methyl sites for hydroxylation is 1. The number of hydrogen-bond donors (Lipinski definition) is 2. The van der Waals surface area contributed by atoms with Crippen LogP contribution in [0.1, 0.15) is 20.9 Å². The molecule has 0 saturated heterocycles. The molecule has 0 radical (unpaired) electrons. The third kappa shape index (κ3) is 2.77. The normalized spacial score (nSPS) is 10.3. The van der Waals surface area contributed by atoms with E-state index >= 15 is 0 Å². The lowest BCUT2D eigenvalue weighted by Crippen LogP contribution is -2.23. The van der Waals surface area contributed by atoms with Crippen molar-refractivity contribution in [3.8, 4) is 0 Å². The van der Waals surface area contributed by atoms with Gasteiger partial charge in [-0.05, 0) is 13.0 Å². The third-order valence-electron chi connectivity index (χ3n) is 2.39. The number of nitrogens with zero attached hydrogens (tertiary/aromatic N) is 2. The zero-order valence-corrected chi connectivity index (χ0v) is 11.2. The predicted molar refractivity (Wildman–Crippen MR) is 71.7 cm³/mol. The standard InChI is InChI=1S/C11H11ClN4OS/c1-6-9(18-5-16-6)4-15-11(17)7-2-8(12)10(13)14-3-7/h2-3,5H,4H2,1H3,(H2,13,14)(H,15,17). The van der Waals surface area contributed by atoms with Gasteiger partial charge in [0, 0.05) is 11.1 Å². The number of thiazole rings is 1. The molecule has 3 N–H and O–H groups in total. The number of aromatic nitrogens is 2. The molecule has 2 heterocycles. The first-order valence-electron chi connectivity index (χ1n) is 5.16. The number of hydrogen-bond acceptors (Lipinski definition) is 5. The number of carbonyl (C=O) groups excluding carboxylic acids is 1. The maximum absolute atomic E-state index is 11.8. The molecule has 0 bridgehead atoms. The fourth-order valence-corrected chi connectivity index (χ4v) is 2.21. The van der Waals surface area contributed by atoms with Gasteiger partial charge in [-0.15, -0.1) is 11.3 Å². The summed E-state index contributed by atoms with van der Waals surface area (Å²) in [6, 6.07) is 1.50. The van der Waals surface area contributed by atoms with Crippen molar-refractivity contribution in [2.75, 3.05) is 5.73 Å². The minimum atomic E-state index is -0.239. The molecule has 2 aromatic heterocycles. The van der Waals surface area contributed by atoms with E-state index in [1.54, 1.807) is 5.51 Å². The molecular weight excluding hydrogens is 272 g/mol. The van der Waals surface area contributed by atoms with Gasteiger partial charge in [0.25, 0.3) is 5.91 Å². The Bertz CT molecular complexity index is 584. The van der Waals surface area contributed by atoms with Crippen molar-refractivity contribution in [1.29, 1.82) is 0 Å². The SMILES string of the molecule is Cc1ncsc1CNC(=O)c1cnc(N)c(Cl)c1. The summed E-state index contributed by atoms with van der Waals surface area (Å²) in [7, 11) is 0. The highest BCUT2D eigenvalue weighted by molar-refractivity contribution is 7.09. The van der Waals surface area contributed by atoms with E-state index in [-0.39, 0.29) is 16.7 Å². The number of amides is 1. The lowest BCUT2D eigenvalue weighted by atomic mass is 10.2. The van der Waals surface area contributed by atoms with Gasteiger partial charge in [-0.1, -0.05) is 11.6 Å². The van der Waals surface area contributed by atoms with Crippen molar-refractivity contribution in [1.82, 2.24) is 15.3 Å². The minimum absolute atomic E-state index is 0.214. The number of rotatable bonds is 3. The molecule has 0 atom stereocenters. The summed E-state index contributed by atoms with van der Waals surface area (Å²) in [4.78, 5) is 20.8. The van der Waals surface area contributed by atoms with Crippen LogP contribution in [0.2, 0.25) is 5.02 Å². The Balaban J connectivity index is 2.04. The number of pyridine rings is 1. The zero-order valence-electron chi connectivity index (χ0n) is 9.61. The van der Waals surface area contributed by atoms with Crippen LogP contribution in [-0.2, 0) is 6.54 Å². The first kappa shape index (κ1) is 12.8. The summed E-state index contributed by atoms with van der Waals surface area (Å²) >= 11 is 7.31. The van der Waals surface area contributed by atoms with Crippen LogP contribution < -0.4 is 11.1 Å². The summed E-state index contributed by atoms with van der Waals surface area (Å²) in [6.45, 7) is 2.34. The lowest BCUT2D eigenvalue weighted by molar-refractivity contribution is 0.0951. The Labute approximate surface area is 113 Å². The van der Waals surface area contributed by atoms with Crippen molar-refractivity contribution >= 4 is 34.7 Å². The molecule has 0 unspecified atom stereocenters. The van der Waals surface area contributed by atoms with Crippen LogP contribution in [0, 0.1) is 6.92 Å². The average molecular weight is 283 g/mol. The smallest absolute Gasteiger partial charge is 0.253 e. The quantitative estimate of drug-likeness (QED) is 0.902. The van der Waals surface area contributed by atoms with E-state index in [2.05, 4.69) is 15.3 Å². The molecular formula is C11H11ClN4OS. The van der Waals surface area contributed by atoms with Crippen molar-refractivity contribution in [3.63, 3.8) is 0 Å². The highest BCUT2D eigenvalue weighted by Gasteiger charge is 2.09. The largest absolute Gasteiger partial charge is 0.382 e. The first-order valence-corrected chi connectivity index (χ1v) is 6.42. The van der Waals surface area contributed by atoms with E-state index in [1.165, 1.54) is 23.6 Å². The molecule has 0 aromatic carbocycles. The molecule has 0 aliphatic rings. The average Bonchev–Trinajstić information content (AvgIpc) is 2.75. The zero-order chi connectivity index (χ0) is 13.1. The van der Waals surface area contributed by atoms with Gasteiger partial charge in [0.1, 0.15) is 5.82 Å². The maximum Gasteiger partial charge on any atom is 0.253 e. The van der Waals surface area contributed by atoms with Crippen LogP contribution in [0.4, 0.5) is 5.82 Å². The highest BCUT2D eigenvalue weighted by Crippen LogP contribution is 2.17. The third-order valence-corrected chi connectivity index (χ3v) is 3.62. The van der Waals surface area contributed by atoms with Gasteiger partial charge in [0.05, 0.1) is 28.3 Å². The summed E-state index contributed by atoms with van der Waals surface area (Å²) in [5.74, 6) is -0.0243. The van der Waals surface area contributed by atoms with E-state index in [0.717, 1.165) is 10.6 Å². The Morgan fingerprint density at radius 3 is 2.94 bits per heavy atom. The van der Waals surface area contributed by atoms with Gasteiger partial charge in [-0.2, -0.15) is 0 Å². The van der Waals surface area contributed by atoms with Crippen LogP contribution in [0.3, 0.4) is 0 Å². The van der Waals surface area contributed by atoms with Crippen LogP contribution in [0.15, 0.2) is 17.8 Å². The van der Waals surface area contributed by atoms with Crippen LogP contribution >= 0.6 is 22.9 Å². The van der Waals surface area contributed by atoms with Crippen LogP contribution in [-0.4, -0.2) is 15.9 Å². The van der Waals surface area contributed by atoms with E-state index in [1.807, 2.05) is 6.92 Å². The Kier molecular flexibility index (Phi) is 3.78. The monoisotopic (exact) mass is 282 g/mol. The van der Waals surface area contributed by atoms with Crippen molar-refractivity contribution in [2.45, 2.75) is 13.5 Å². The van der Waals surface area contributed by atoms with Gasteiger partial charge < -0.3 is 11.1 Å². The van der Waals surface area contributed by atoms with E-state index in [4.69, 9.17) is 17.3 Å². The Morgan fingerprint density at radius 2 is 2.33 bits per heavy atom. The van der Waals surface area contributed by atoms with Gasteiger partial charge in [-0.3, -0.25) is 4.79 Å². The molecule has 2 rings (SSSR count). The fourth-order valence-electron chi connectivity index (χ4n) is 1.33. The Morgan fingerprint density at radius 1 is 1.56 bits per heavy atom. The van der Waals surface area contributed by atoms with Gasteiger partial charge >= 0.3 is 0 Å². The number of nitrogens with one attached hydrogen (secondary N) is 1. The summed E-state index contributed by atoms with van der Waals surface area (Å²) < 4.78 is 0.